The average molecular weight is 192 g/mol. The minimum Gasteiger partial charge on any atom is -0.493 e. The van der Waals surface area contributed by atoms with Crippen molar-refractivity contribution in [3.63, 3.8) is 0 Å². The normalized spacial score (nSPS) is 19.4. The summed E-state index contributed by atoms with van der Waals surface area (Å²) in [6.45, 7) is 0.455. The number of carbonyl (C=O) groups excluding carboxylic acids is 1. The van der Waals surface area contributed by atoms with Crippen molar-refractivity contribution in [1.29, 1.82) is 0 Å². The van der Waals surface area contributed by atoms with Crippen LogP contribution in [0.4, 0.5) is 0 Å². The van der Waals surface area contributed by atoms with E-state index in [-0.39, 0.29) is 5.92 Å². The fraction of sp³-hybridized carbons (Fsp3) is 0.364. The van der Waals surface area contributed by atoms with E-state index in [1.54, 1.807) is 7.11 Å². The number of hydrogen-bond donors (Lipinski definition) is 0. The third-order valence-corrected chi connectivity index (χ3v) is 2.40. The van der Waals surface area contributed by atoms with Crippen LogP contribution in [0, 0.1) is 5.92 Å². The van der Waals surface area contributed by atoms with Crippen molar-refractivity contribution in [2.75, 3.05) is 13.7 Å². The van der Waals surface area contributed by atoms with Crippen molar-refractivity contribution >= 4 is 6.29 Å². The molecule has 1 aromatic carbocycles. The van der Waals surface area contributed by atoms with Gasteiger partial charge in [0.2, 0.25) is 0 Å². The number of para-hydroxylation sites is 1. The molecule has 1 aliphatic rings. The van der Waals surface area contributed by atoms with E-state index in [2.05, 4.69) is 0 Å². The second-order valence-corrected chi connectivity index (χ2v) is 3.36. The fourth-order valence-corrected chi connectivity index (χ4v) is 1.67. The first kappa shape index (κ1) is 9.06. The van der Waals surface area contributed by atoms with Gasteiger partial charge in [-0.1, -0.05) is 12.1 Å². The summed E-state index contributed by atoms with van der Waals surface area (Å²) in [4.78, 5) is 10.6. The van der Waals surface area contributed by atoms with E-state index < -0.39 is 0 Å². The molecule has 0 aliphatic carbocycles. The predicted molar refractivity (Wildman–Crippen MR) is 51.7 cm³/mol. The van der Waals surface area contributed by atoms with E-state index in [1.165, 1.54) is 0 Å². The van der Waals surface area contributed by atoms with E-state index in [1.807, 2.05) is 18.2 Å². The Morgan fingerprint density at radius 2 is 2.43 bits per heavy atom. The van der Waals surface area contributed by atoms with Crippen LogP contribution in [0.3, 0.4) is 0 Å². The molecule has 3 nitrogen and oxygen atoms in total. The van der Waals surface area contributed by atoms with Gasteiger partial charge in [-0.3, -0.25) is 0 Å². The smallest absolute Gasteiger partial charge is 0.164 e. The van der Waals surface area contributed by atoms with Crippen molar-refractivity contribution in [2.45, 2.75) is 6.42 Å². The summed E-state index contributed by atoms with van der Waals surface area (Å²) in [7, 11) is 1.62. The Hall–Kier alpha value is -1.51. The van der Waals surface area contributed by atoms with Crippen LogP contribution in [0.1, 0.15) is 5.56 Å². The van der Waals surface area contributed by atoms with Crippen LogP contribution in [0.5, 0.6) is 11.5 Å². The molecule has 74 valence electrons. The molecule has 1 unspecified atom stereocenters. The molecule has 0 radical (unpaired) electrons. The molecule has 0 amide bonds. The van der Waals surface area contributed by atoms with Gasteiger partial charge in [0, 0.05) is 0 Å². The van der Waals surface area contributed by atoms with Gasteiger partial charge in [0.1, 0.15) is 6.29 Å². The zero-order chi connectivity index (χ0) is 9.97. The van der Waals surface area contributed by atoms with E-state index >= 15 is 0 Å². The highest BCUT2D eigenvalue weighted by atomic mass is 16.5. The van der Waals surface area contributed by atoms with Gasteiger partial charge >= 0.3 is 0 Å². The molecule has 1 aliphatic heterocycles. The quantitative estimate of drug-likeness (QED) is 0.665. The van der Waals surface area contributed by atoms with Gasteiger partial charge in [-0.25, -0.2) is 0 Å². The van der Waals surface area contributed by atoms with Crippen molar-refractivity contribution in [3.05, 3.63) is 23.8 Å². The highest BCUT2D eigenvalue weighted by molar-refractivity contribution is 5.58. The summed E-state index contributed by atoms with van der Waals surface area (Å²) >= 11 is 0. The highest BCUT2D eigenvalue weighted by Crippen LogP contribution is 2.35. The molecule has 1 heterocycles. The summed E-state index contributed by atoms with van der Waals surface area (Å²) in [5, 5.41) is 0. The maximum absolute atomic E-state index is 10.6. The van der Waals surface area contributed by atoms with E-state index in [0.29, 0.717) is 6.61 Å². The maximum Gasteiger partial charge on any atom is 0.164 e. The molecule has 0 fully saturated rings. The standard InChI is InChI=1S/C11H12O3/c1-13-10-4-2-3-9-5-8(6-12)7-14-11(9)10/h2-4,6,8H,5,7H2,1H3. The zero-order valence-electron chi connectivity index (χ0n) is 8.03. The Bertz CT molecular complexity index is 346. The van der Waals surface area contributed by atoms with Gasteiger partial charge < -0.3 is 14.3 Å². The molecule has 14 heavy (non-hydrogen) atoms. The van der Waals surface area contributed by atoms with Crippen LogP contribution >= 0.6 is 0 Å². The Morgan fingerprint density at radius 1 is 1.57 bits per heavy atom. The number of fused-ring (bicyclic) bond motifs is 1. The van der Waals surface area contributed by atoms with Crippen LogP contribution in [0.15, 0.2) is 18.2 Å². The van der Waals surface area contributed by atoms with Gasteiger partial charge in [0.05, 0.1) is 19.6 Å². The van der Waals surface area contributed by atoms with Crippen LogP contribution in [0.25, 0.3) is 0 Å². The lowest BCUT2D eigenvalue weighted by atomic mass is 9.98. The van der Waals surface area contributed by atoms with Crippen LogP contribution < -0.4 is 9.47 Å². The molecule has 0 saturated heterocycles. The van der Waals surface area contributed by atoms with Gasteiger partial charge in [-0.2, -0.15) is 0 Å². The number of ether oxygens (including phenoxy) is 2. The largest absolute Gasteiger partial charge is 0.493 e. The Morgan fingerprint density at radius 3 is 3.14 bits per heavy atom. The molecule has 2 rings (SSSR count). The lowest BCUT2D eigenvalue weighted by Crippen LogP contribution is -2.22. The molecule has 1 atom stereocenters. The van der Waals surface area contributed by atoms with Crippen LogP contribution in [-0.4, -0.2) is 20.0 Å². The van der Waals surface area contributed by atoms with E-state index in [9.17, 15) is 4.79 Å². The summed E-state index contributed by atoms with van der Waals surface area (Å²) in [6, 6.07) is 5.74. The third-order valence-electron chi connectivity index (χ3n) is 2.40. The molecule has 0 spiro atoms. The average Bonchev–Trinajstić information content (AvgIpc) is 2.27. The second kappa shape index (κ2) is 3.70. The summed E-state index contributed by atoms with van der Waals surface area (Å²) in [6.07, 6.45) is 1.69. The molecular weight excluding hydrogens is 180 g/mol. The minimum atomic E-state index is -0.0189. The molecule has 0 aromatic heterocycles. The number of methoxy groups -OCH3 is 1. The van der Waals surface area contributed by atoms with Gasteiger partial charge in [0.15, 0.2) is 11.5 Å². The fourth-order valence-electron chi connectivity index (χ4n) is 1.67. The van der Waals surface area contributed by atoms with Crippen molar-refractivity contribution < 1.29 is 14.3 Å². The number of rotatable bonds is 2. The van der Waals surface area contributed by atoms with Crippen LogP contribution in [0.2, 0.25) is 0 Å². The first-order chi connectivity index (χ1) is 6.85. The summed E-state index contributed by atoms with van der Waals surface area (Å²) in [5.41, 5.74) is 1.05. The van der Waals surface area contributed by atoms with E-state index in [0.717, 1.165) is 29.8 Å². The topological polar surface area (TPSA) is 35.5 Å². The Labute approximate surface area is 82.6 Å². The molecule has 0 bridgehead atoms. The molecular formula is C11H12O3. The van der Waals surface area contributed by atoms with Crippen LogP contribution in [-0.2, 0) is 11.2 Å². The van der Waals surface area contributed by atoms with Crippen molar-refractivity contribution in [3.8, 4) is 11.5 Å². The van der Waals surface area contributed by atoms with Gasteiger partial charge in [-0.15, -0.1) is 0 Å². The molecule has 0 N–H and O–H groups in total. The number of benzene rings is 1. The highest BCUT2D eigenvalue weighted by Gasteiger charge is 2.21. The number of carbonyl (C=O) groups is 1. The number of aldehydes is 1. The lowest BCUT2D eigenvalue weighted by molar-refractivity contribution is -0.112. The predicted octanol–water partition coefficient (Wildman–Crippen LogP) is 1.45. The minimum absolute atomic E-state index is 0.0189. The van der Waals surface area contributed by atoms with Crippen molar-refractivity contribution in [2.24, 2.45) is 5.92 Å². The molecule has 0 saturated carbocycles. The summed E-state index contributed by atoms with van der Waals surface area (Å²) < 4.78 is 10.7. The Balaban J connectivity index is 2.35. The first-order valence-corrected chi connectivity index (χ1v) is 4.59. The third kappa shape index (κ3) is 1.45. The number of hydrogen-bond acceptors (Lipinski definition) is 3. The van der Waals surface area contributed by atoms with Crippen molar-refractivity contribution in [1.82, 2.24) is 0 Å². The SMILES string of the molecule is COc1cccc2c1OCC(C=O)C2. The Kier molecular flexibility index (Phi) is 2.39. The molecule has 1 aromatic rings. The molecule has 3 heteroatoms. The van der Waals surface area contributed by atoms with Gasteiger partial charge in [0.25, 0.3) is 0 Å². The monoisotopic (exact) mass is 192 g/mol. The summed E-state index contributed by atoms with van der Waals surface area (Å²) in [5.74, 6) is 1.51. The van der Waals surface area contributed by atoms with Gasteiger partial charge in [-0.05, 0) is 18.1 Å². The second-order valence-electron chi connectivity index (χ2n) is 3.36. The lowest BCUT2D eigenvalue weighted by Gasteiger charge is -2.23. The maximum atomic E-state index is 10.6. The van der Waals surface area contributed by atoms with E-state index in [4.69, 9.17) is 9.47 Å². The first-order valence-electron chi connectivity index (χ1n) is 4.59. The zero-order valence-corrected chi connectivity index (χ0v) is 8.03.